The molecule has 10 heteroatoms. The molecule has 0 radical (unpaired) electrons. The third-order valence-electron chi connectivity index (χ3n) is 4.98. The number of anilines is 1. The molecule has 2 heterocycles. The van der Waals surface area contributed by atoms with Crippen LogP contribution in [-0.4, -0.2) is 27.1 Å². The Bertz CT molecular complexity index is 1460. The van der Waals surface area contributed by atoms with E-state index >= 15 is 0 Å². The largest absolute Gasteiger partial charge is 0.495 e. The Morgan fingerprint density at radius 3 is 2.48 bits per heavy atom. The summed E-state index contributed by atoms with van der Waals surface area (Å²) < 4.78 is 7.51. The highest BCUT2D eigenvalue weighted by molar-refractivity contribution is 6.31. The normalized spacial score (nSPS) is 10.9. The molecule has 33 heavy (non-hydrogen) atoms. The van der Waals surface area contributed by atoms with Crippen LogP contribution in [0.3, 0.4) is 0 Å². The van der Waals surface area contributed by atoms with E-state index in [1.54, 1.807) is 54.6 Å². The van der Waals surface area contributed by atoms with Gasteiger partial charge in [-0.25, -0.2) is 9.78 Å². The number of methoxy groups -OCH3 is 1. The van der Waals surface area contributed by atoms with Crippen LogP contribution in [0.4, 0.5) is 5.69 Å². The second kappa shape index (κ2) is 9.48. The summed E-state index contributed by atoms with van der Waals surface area (Å²) in [6.07, 6.45) is 1.46. The number of carbonyl (C=O) groups is 1. The number of hydrogen-bond donors (Lipinski definition) is 1. The summed E-state index contributed by atoms with van der Waals surface area (Å²) >= 11 is 12.0. The lowest BCUT2D eigenvalue weighted by Gasteiger charge is -2.15. The lowest BCUT2D eigenvalue weighted by Crippen LogP contribution is -2.42. The van der Waals surface area contributed by atoms with Gasteiger partial charge < -0.3 is 10.1 Å². The third-order valence-corrected chi connectivity index (χ3v) is 5.47. The van der Waals surface area contributed by atoms with Gasteiger partial charge in [-0.15, -0.1) is 0 Å². The van der Waals surface area contributed by atoms with Crippen molar-refractivity contribution in [2.45, 2.75) is 13.1 Å². The number of benzene rings is 2. The highest BCUT2D eigenvalue weighted by Crippen LogP contribution is 2.27. The number of carbonyl (C=O) groups excluding carboxylic acids is 1. The molecule has 0 aliphatic rings. The van der Waals surface area contributed by atoms with E-state index in [9.17, 15) is 14.4 Å². The number of hydrogen-bond acceptors (Lipinski definition) is 5. The number of pyridine rings is 1. The second-order valence-corrected chi connectivity index (χ2v) is 8.02. The molecular formula is C23H18Cl2N4O4. The van der Waals surface area contributed by atoms with Gasteiger partial charge in [-0.3, -0.25) is 18.7 Å². The van der Waals surface area contributed by atoms with Crippen LogP contribution >= 0.6 is 23.2 Å². The van der Waals surface area contributed by atoms with E-state index in [1.165, 1.54) is 17.9 Å². The number of aromatic nitrogens is 3. The number of nitrogens with one attached hydrogen (secondary N) is 1. The number of ether oxygens (including phenoxy) is 1. The standard InChI is InChI=1S/C23H18Cl2N4O4/c1-33-19-9-8-16(25)11-17(19)27-20(30)13-28-18-3-2-10-26-21(18)22(31)29(23(28)32)12-14-4-6-15(24)7-5-14/h2-11H,12-13H2,1H3,(H,27,30). The number of amides is 1. The molecule has 0 unspecified atom stereocenters. The van der Waals surface area contributed by atoms with Crippen LogP contribution in [-0.2, 0) is 17.9 Å². The second-order valence-electron chi connectivity index (χ2n) is 7.15. The molecule has 0 atom stereocenters. The third kappa shape index (κ3) is 4.76. The maximum Gasteiger partial charge on any atom is 0.332 e. The Morgan fingerprint density at radius 2 is 1.76 bits per heavy atom. The van der Waals surface area contributed by atoms with Gasteiger partial charge in [0.2, 0.25) is 5.91 Å². The molecule has 0 spiro atoms. The molecule has 0 aliphatic carbocycles. The highest BCUT2D eigenvalue weighted by atomic mass is 35.5. The molecule has 8 nitrogen and oxygen atoms in total. The SMILES string of the molecule is COc1ccc(Cl)cc1NC(=O)Cn1c(=O)n(Cc2ccc(Cl)cc2)c(=O)c2ncccc21. The number of halogens is 2. The van der Waals surface area contributed by atoms with E-state index in [0.717, 1.165) is 4.57 Å². The van der Waals surface area contributed by atoms with Gasteiger partial charge in [0.25, 0.3) is 5.56 Å². The number of fused-ring (bicyclic) bond motifs is 1. The van der Waals surface area contributed by atoms with Gasteiger partial charge in [0.1, 0.15) is 12.3 Å². The summed E-state index contributed by atoms with van der Waals surface area (Å²) in [5, 5.41) is 3.65. The fourth-order valence-electron chi connectivity index (χ4n) is 3.42. The van der Waals surface area contributed by atoms with Gasteiger partial charge >= 0.3 is 5.69 Å². The van der Waals surface area contributed by atoms with E-state index in [4.69, 9.17) is 27.9 Å². The summed E-state index contributed by atoms with van der Waals surface area (Å²) in [6, 6.07) is 14.8. The van der Waals surface area contributed by atoms with Crippen LogP contribution in [0.2, 0.25) is 10.0 Å². The molecule has 2 aromatic carbocycles. The molecule has 4 aromatic rings. The zero-order chi connectivity index (χ0) is 23.5. The monoisotopic (exact) mass is 484 g/mol. The van der Waals surface area contributed by atoms with E-state index in [2.05, 4.69) is 10.3 Å². The average molecular weight is 485 g/mol. The molecule has 0 saturated heterocycles. The fraction of sp³-hybridized carbons (Fsp3) is 0.130. The summed E-state index contributed by atoms with van der Waals surface area (Å²) in [7, 11) is 1.47. The molecule has 2 aromatic heterocycles. The number of nitrogens with zero attached hydrogens (tertiary/aromatic N) is 3. The summed E-state index contributed by atoms with van der Waals surface area (Å²) in [5.41, 5.74) is 0.225. The Hall–Kier alpha value is -3.62. The predicted octanol–water partition coefficient (Wildman–Crippen LogP) is 3.56. The van der Waals surface area contributed by atoms with Crippen molar-refractivity contribution < 1.29 is 9.53 Å². The number of rotatable bonds is 6. The maximum atomic E-state index is 13.3. The van der Waals surface area contributed by atoms with Gasteiger partial charge in [0.15, 0.2) is 5.52 Å². The molecule has 0 bridgehead atoms. The van der Waals surface area contributed by atoms with Crippen molar-refractivity contribution in [2.75, 3.05) is 12.4 Å². The molecule has 1 N–H and O–H groups in total. The maximum absolute atomic E-state index is 13.3. The summed E-state index contributed by atoms with van der Waals surface area (Å²) in [6.45, 7) is -0.345. The Labute approximate surface area is 198 Å². The summed E-state index contributed by atoms with van der Waals surface area (Å²) in [4.78, 5) is 43.3. The van der Waals surface area contributed by atoms with Crippen molar-refractivity contribution in [3.8, 4) is 5.75 Å². The molecule has 4 rings (SSSR count). The van der Waals surface area contributed by atoms with Crippen molar-refractivity contribution in [3.05, 3.63) is 97.2 Å². The Kier molecular flexibility index (Phi) is 6.48. The molecule has 0 fully saturated rings. The smallest absolute Gasteiger partial charge is 0.332 e. The van der Waals surface area contributed by atoms with Crippen LogP contribution in [0, 0.1) is 0 Å². The van der Waals surface area contributed by atoms with Crippen LogP contribution in [0.1, 0.15) is 5.56 Å². The molecule has 1 amide bonds. The first-order chi connectivity index (χ1) is 15.9. The minimum Gasteiger partial charge on any atom is -0.495 e. The van der Waals surface area contributed by atoms with Crippen molar-refractivity contribution in [3.63, 3.8) is 0 Å². The summed E-state index contributed by atoms with van der Waals surface area (Å²) in [5.74, 6) is -0.0844. The highest BCUT2D eigenvalue weighted by Gasteiger charge is 2.17. The van der Waals surface area contributed by atoms with Gasteiger partial charge in [0, 0.05) is 16.2 Å². The molecule has 0 aliphatic heterocycles. The zero-order valence-corrected chi connectivity index (χ0v) is 18.9. The van der Waals surface area contributed by atoms with Crippen molar-refractivity contribution in [1.82, 2.24) is 14.1 Å². The Balaban J connectivity index is 1.75. The van der Waals surface area contributed by atoms with Crippen molar-refractivity contribution in [2.24, 2.45) is 0 Å². The molecule has 168 valence electrons. The first kappa shape index (κ1) is 22.6. The molecular weight excluding hydrogens is 467 g/mol. The van der Waals surface area contributed by atoms with Crippen molar-refractivity contribution in [1.29, 1.82) is 0 Å². The van der Waals surface area contributed by atoms with E-state index in [0.29, 0.717) is 27.0 Å². The first-order valence-electron chi connectivity index (χ1n) is 9.83. The van der Waals surface area contributed by atoms with Gasteiger partial charge in [0.05, 0.1) is 24.9 Å². The lowest BCUT2D eigenvalue weighted by molar-refractivity contribution is -0.116. The topological polar surface area (TPSA) is 95.2 Å². The van der Waals surface area contributed by atoms with Crippen LogP contribution in [0.5, 0.6) is 5.75 Å². The van der Waals surface area contributed by atoms with E-state index in [1.807, 2.05) is 0 Å². The van der Waals surface area contributed by atoms with Crippen molar-refractivity contribution >= 4 is 45.8 Å². The minimum atomic E-state index is -0.636. The fourth-order valence-corrected chi connectivity index (χ4v) is 3.72. The van der Waals surface area contributed by atoms with E-state index < -0.39 is 17.2 Å². The minimum absolute atomic E-state index is 0.00504. The van der Waals surface area contributed by atoms with Gasteiger partial charge in [-0.1, -0.05) is 35.3 Å². The van der Waals surface area contributed by atoms with Gasteiger partial charge in [-0.2, -0.15) is 0 Å². The first-order valence-corrected chi connectivity index (χ1v) is 10.6. The lowest BCUT2D eigenvalue weighted by atomic mass is 10.2. The Morgan fingerprint density at radius 1 is 1.03 bits per heavy atom. The van der Waals surface area contributed by atoms with Crippen LogP contribution in [0.25, 0.3) is 11.0 Å². The van der Waals surface area contributed by atoms with Gasteiger partial charge in [-0.05, 0) is 48.0 Å². The average Bonchev–Trinajstić information content (AvgIpc) is 2.81. The predicted molar refractivity (Wildman–Crippen MR) is 127 cm³/mol. The quantitative estimate of drug-likeness (QED) is 0.451. The van der Waals surface area contributed by atoms with Crippen LogP contribution < -0.4 is 21.3 Å². The molecule has 0 saturated carbocycles. The van der Waals surface area contributed by atoms with E-state index in [-0.39, 0.29) is 24.1 Å². The zero-order valence-electron chi connectivity index (χ0n) is 17.4. The van der Waals surface area contributed by atoms with Crippen LogP contribution in [0.15, 0.2) is 70.4 Å².